The van der Waals surface area contributed by atoms with Gasteiger partial charge in [-0.2, -0.15) is 0 Å². The van der Waals surface area contributed by atoms with E-state index in [-0.39, 0.29) is 17.9 Å². The van der Waals surface area contributed by atoms with Crippen LogP contribution in [0.4, 0.5) is 4.79 Å². The quantitative estimate of drug-likeness (QED) is 0.743. The largest absolute Gasteiger partial charge is 0.479 e. The molecule has 0 radical (unpaired) electrons. The number of carboxylic acids is 1. The SMILES string of the molecule is O=C(NC1(C(=O)O)CCCC12CCCC2)OCC1c2ccccc2-c2ccccc21. The summed E-state index contributed by atoms with van der Waals surface area (Å²) >= 11 is 0. The smallest absolute Gasteiger partial charge is 0.408 e. The number of alkyl carbamates (subject to hydrolysis) is 1. The highest BCUT2D eigenvalue weighted by Gasteiger charge is 2.61. The second kappa shape index (κ2) is 7.15. The van der Waals surface area contributed by atoms with E-state index in [1.165, 1.54) is 11.1 Å². The van der Waals surface area contributed by atoms with Crippen molar-refractivity contribution in [2.75, 3.05) is 6.61 Å². The Hall–Kier alpha value is -2.82. The number of carbonyl (C=O) groups is 2. The lowest BCUT2D eigenvalue weighted by molar-refractivity contribution is -0.149. The lowest BCUT2D eigenvalue weighted by Gasteiger charge is -2.40. The maximum Gasteiger partial charge on any atom is 0.408 e. The van der Waals surface area contributed by atoms with Crippen LogP contribution in [0.1, 0.15) is 62.0 Å². The molecule has 1 spiro atoms. The highest BCUT2D eigenvalue weighted by molar-refractivity contribution is 5.86. The summed E-state index contributed by atoms with van der Waals surface area (Å²) in [6.45, 7) is 0.197. The average molecular weight is 405 g/mol. The van der Waals surface area contributed by atoms with Gasteiger partial charge in [0.2, 0.25) is 0 Å². The van der Waals surface area contributed by atoms with E-state index in [0.717, 1.165) is 49.7 Å². The number of nitrogens with one attached hydrogen (secondary N) is 1. The molecule has 0 aromatic heterocycles. The van der Waals surface area contributed by atoms with Gasteiger partial charge in [0.15, 0.2) is 0 Å². The van der Waals surface area contributed by atoms with Gasteiger partial charge < -0.3 is 15.2 Å². The van der Waals surface area contributed by atoms with Crippen LogP contribution in [-0.4, -0.2) is 29.3 Å². The molecule has 2 aromatic rings. The molecular weight excluding hydrogens is 378 g/mol. The number of carboxylic acid groups (broad SMARTS) is 1. The zero-order chi connectivity index (χ0) is 20.8. The summed E-state index contributed by atoms with van der Waals surface area (Å²) in [4.78, 5) is 25.2. The van der Waals surface area contributed by atoms with Gasteiger partial charge in [0.05, 0.1) is 0 Å². The van der Waals surface area contributed by atoms with E-state index in [2.05, 4.69) is 29.6 Å². The number of rotatable bonds is 4. The number of aliphatic carboxylic acids is 1. The van der Waals surface area contributed by atoms with Crippen LogP contribution in [0.15, 0.2) is 48.5 Å². The molecule has 1 amide bonds. The minimum absolute atomic E-state index is 0.0343. The Morgan fingerprint density at radius 2 is 1.47 bits per heavy atom. The monoisotopic (exact) mass is 405 g/mol. The van der Waals surface area contributed by atoms with Gasteiger partial charge in [-0.1, -0.05) is 61.4 Å². The Labute approximate surface area is 176 Å². The van der Waals surface area contributed by atoms with Gasteiger partial charge in [-0.3, -0.25) is 0 Å². The van der Waals surface area contributed by atoms with Gasteiger partial charge in [-0.05, 0) is 54.4 Å². The fourth-order valence-corrected chi connectivity index (χ4v) is 6.29. The van der Waals surface area contributed by atoms with Crippen molar-refractivity contribution in [3.63, 3.8) is 0 Å². The Balaban J connectivity index is 1.35. The molecule has 5 nitrogen and oxygen atoms in total. The van der Waals surface area contributed by atoms with E-state index in [0.29, 0.717) is 6.42 Å². The van der Waals surface area contributed by atoms with Gasteiger partial charge in [-0.15, -0.1) is 0 Å². The van der Waals surface area contributed by atoms with Crippen LogP contribution in [0, 0.1) is 5.41 Å². The molecule has 3 aliphatic carbocycles. The van der Waals surface area contributed by atoms with E-state index in [1.54, 1.807) is 0 Å². The van der Waals surface area contributed by atoms with Gasteiger partial charge in [0.25, 0.3) is 0 Å². The fourth-order valence-electron chi connectivity index (χ4n) is 6.29. The molecule has 5 rings (SSSR count). The van der Waals surface area contributed by atoms with Crippen molar-refractivity contribution in [2.45, 2.75) is 56.4 Å². The maximum absolute atomic E-state index is 12.8. The molecule has 2 saturated carbocycles. The lowest BCUT2D eigenvalue weighted by Crippen LogP contribution is -2.61. The molecule has 156 valence electrons. The van der Waals surface area contributed by atoms with Crippen molar-refractivity contribution < 1.29 is 19.4 Å². The zero-order valence-corrected chi connectivity index (χ0v) is 17.0. The first-order valence-corrected chi connectivity index (χ1v) is 10.9. The molecule has 5 heteroatoms. The van der Waals surface area contributed by atoms with E-state index in [1.807, 2.05) is 24.3 Å². The van der Waals surface area contributed by atoms with E-state index in [9.17, 15) is 14.7 Å². The number of ether oxygens (including phenoxy) is 1. The van der Waals surface area contributed by atoms with E-state index < -0.39 is 17.6 Å². The molecule has 0 bridgehead atoms. The summed E-state index contributed by atoms with van der Waals surface area (Å²) in [5.74, 6) is -0.955. The second-order valence-electron chi connectivity index (χ2n) is 9.00. The standard InChI is InChI=1S/C25H27NO4/c27-22(28)25(15-7-14-24(25)12-5-6-13-24)26-23(29)30-16-21-19-10-3-1-8-17(19)18-9-2-4-11-20(18)21/h1-4,8-11,21H,5-7,12-16H2,(H,26,29)(H,27,28). The number of hydrogen-bond acceptors (Lipinski definition) is 3. The van der Waals surface area contributed by atoms with Crippen molar-refractivity contribution >= 4 is 12.1 Å². The van der Waals surface area contributed by atoms with Crippen LogP contribution in [0.5, 0.6) is 0 Å². The highest BCUT2D eigenvalue weighted by atomic mass is 16.5. The Morgan fingerprint density at radius 1 is 0.900 bits per heavy atom. The summed E-state index contributed by atoms with van der Waals surface area (Å²) in [5, 5.41) is 12.9. The lowest BCUT2D eigenvalue weighted by atomic mass is 9.70. The zero-order valence-electron chi connectivity index (χ0n) is 17.0. The summed E-state index contributed by atoms with van der Waals surface area (Å²) in [6.07, 6.45) is 5.34. The van der Waals surface area contributed by atoms with Crippen LogP contribution in [0.2, 0.25) is 0 Å². The van der Waals surface area contributed by atoms with Crippen molar-refractivity contribution in [3.05, 3.63) is 59.7 Å². The predicted octanol–water partition coefficient (Wildman–Crippen LogP) is 5.09. The summed E-state index contributed by atoms with van der Waals surface area (Å²) < 4.78 is 5.67. The summed E-state index contributed by atoms with van der Waals surface area (Å²) in [7, 11) is 0. The highest BCUT2D eigenvalue weighted by Crippen LogP contribution is 2.56. The Morgan fingerprint density at radius 3 is 2.07 bits per heavy atom. The molecule has 2 fully saturated rings. The van der Waals surface area contributed by atoms with E-state index >= 15 is 0 Å². The van der Waals surface area contributed by atoms with Gasteiger partial charge >= 0.3 is 12.1 Å². The molecular formula is C25H27NO4. The third kappa shape index (κ3) is 2.75. The molecule has 30 heavy (non-hydrogen) atoms. The van der Waals surface area contributed by atoms with E-state index in [4.69, 9.17) is 4.74 Å². The van der Waals surface area contributed by atoms with Crippen molar-refractivity contribution in [3.8, 4) is 11.1 Å². The molecule has 1 unspecified atom stereocenters. The average Bonchev–Trinajstić information content (AvgIpc) is 3.45. The molecule has 1 atom stereocenters. The minimum atomic E-state index is -1.20. The van der Waals surface area contributed by atoms with Crippen LogP contribution in [-0.2, 0) is 9.53 Å². The number of carbonyl (C=O) groups excluding carboxylic acids is 1. The Bertz CT molecular complexity index is 943. The fraction of sp³-hybridized carbons (Fsp3) is 0.440. The minimum Gasteiger partial charge on any atom is -0.479 e. The summed E-state index contributed by atoms with van der Waals surface area (Å²) in [5.41, 5.74) is 3.10. The molecule has 0 saturated heterocycles. The van der Waals surface area contributed by atoms with Gasteiger partial charge in [0.1, 0.15) is 12.1 Å². The molecule has 2 N–H and O–H groups in total. The van der Waals surface area contributed by atoms with Crippen LogP contribution < -0.4 is 5.32 Å². The van der Waals surface area contributed by atoms with Crippen LogP contribution in [0.3, 0.4) is 0 Å². The molecule has 0 heterocycles. The molecule has 3 aliphatic rings. The predicted molar refractivity (Wildman–Crippen MR) is 113 cm³/mol. The number of benzene rings is 2. The first-order chi connectivity index (χ1) is 14.6. The van der Waals surface area contributed by atoms with Crippen LogP contribution in [0.25, 0.3) is 11.1 Å². The third-order valence-corrected chi connectivity index (χ3v) is 7.70. The molecule has 0 aliphatic heterocycles. The van der Waals surface area contributed by atoms with Crippen LogP contribution >= 0.6 is 0 Å². The normalized spacial score (nSPS) is 23.9. The number of hydrogen-bond donors (Lipinski definition) is 2. The summed E-state index contributed by atoms with van der Waals surface area (Å²) in [6, 6.07) is 16.4. The first-order valence-electron chi connectivity index (χ1n) is 10.9. The second-order valence-corrected chi connectivity index (χ2v) is 9.00. The van der Waals surface area contributed by atoms with Crippen molar-refractivity contribution in [1.29, 1.82) is 0 Å². The number of amides is 1. The third-order valence-electron chi connectivity index (χ3n) is 7.70. The van der Waals surface area contributed by atoms with Crippen molar-refractivity contribution in [1.82, 2.24) is 5.32 Å². The maximum atomic E-state index is 12.8. The number of fused-ring (bicyclic) bond motifs is 3. The van der Waals surface area contributed by atoms with Crippen molar-refractivity contribution in [2.24, 2.45) is 5.41 Å². The first kappa shape index (κ1) is 19.2. The van der Waals surface area contributed by atoms with Gasteiger partial charge in [-0.25, -0.2) is 9.59 Å². The molecule has 2 aromatic carbocycles. The Kier molecular flexibility index (Phi) is 4.57. The topological polar surface area (TPSA) is 75.6 Å². The van der Waals surface area contributed by atoms with Gasteiger partial charge in [0, 0.05) is 11.3 Å².